The van der Waals surface area contributed by atoms with Crippen molar-refractivity contribution in [1.82, 2.24) is 21.3 Å². The van der Waals surface area contributed by atoms with Crippen LogP contribution in [-0.2, 0) is 28.8 Å². The van der Waals surface area contributed by atoms with Crippen molar-refractivity contribution in [3.63, 3.8) is 0 Å². The van der Waals surface area contributed by atoms with E-state index >= 15 is 0 Å². The van der Waals surface area contributed by atoms with E-state index in [2.05, 4.69) is 21.3 Å². The molecule has 4 atom stereocenters. The fraction of sp³-hybridized carbons (Fsp3) is 0.700. The maximum absolute atomic E-state index is 12.6. The van der Waals surface area contributed by atoms with E-state index in [1.54, 1.807) is 13.8 Å². The fourth-order valence-electron chi connectivity index (χ4n) is 2.84. The van der Waals surface area contributed by atoms with Gasteiger partial charge >= 0.3 is 11.9 Å². The highest BCUT2D eigenvalue weighted by atomic mass is 16.4. The summed E-state index contributed by atoms with van der Waals surface area (Å²) in [5, 5.41) is 27.4. The van der Waals surface area contributed by atoms with Crippen LogP contribution in [0.25, 0.3) is 0 Å². The smallest absolute Gasteiger partial charge is 0.326 e. The van der Waals surface area contributed by atoms with Crippen molar-refractivity contribution in [1.29, 1.82) is 0 Å². The van der Waals surface area contributed by atoms with Crippen LogP contribution in [0.1, 0.15) is 53.4 Å². The maximum Gasteiger partial charge on any atom is 0.326 e. The topological polar surface area (TPSA) is 217 Å². The summed E-state index contributed by atoms with van der Waals surface area (Å²) < 4.78 is 0. The SMILES string of the molecule is CC(=O)N[C@@H](CCCCN)C(=O)N[C@H](C)C(=O)N[C@H](C(=O)N[C@@H](CC(=O)O)C(=O)O)C(C)C. The van der Waals surface area contributed by atoms with Gasteiger partial charge in [-0.25, -0.2) is 4.79 Å². The molecule has 0 aromatic heterocycles. The molecule has 0 saturated carbocycles. The third-order valence-electron chi connectivity index (χ3n) is 4.63. The van der Waals surface area contributed by atoms with E-state index in [9.17, 15) is 28.8 Å². The van der Waals surface area contributed by atoms with Gasteiger partial charge in [0.2, 0.25) is 23.6 Å². The lowest BCUT2D eigenvalue weighted by Gasteiger charge is -2.26. The quantitative estimate of drug-likeness (QED) is 0.135. The first-order chi connectivity index (χ1) is 15.3. The van der Waals surface area contributed by atoms with Gasteiger partial charge in [-0.2, -0.15) is 0 Å². The first kappa shape index (κ1) is 29.8. The lowest BCUT2D eigenvalue weighted by Crippen LogP contribution is -2.58. The summed E-state index contributed by atoms with van der Waals surface area (Å²) in [5.74, 6) is -5.99. The maximum atomic E-state index is 12.6. The molecule has 0 aromatic rings. The number of carbonyl (C=O) groups excluding carboxylic acids is 4. The van der Waals surface area contributed by atoms with E-state index in [1.807, 2.05) is 0 Å². The number of rotatable bonds is 15. The van der Waals surface area contributed by atoms with Gasteiger partial charge in [-0.05, 0) is 38.6 Å². The second kappa shape index (κ2) is 14.8. The minimum Gasteiger partial charge on any atom is -0.481 e. The Labute approximate surface area is 192 Å². The number of nitrogens with two attached hydrogens (primary N) is 1. The molecule has 188 valence electrons. The zero-order valence-electron chi connectivity index (χ0n) is 19.3. The predicted molar refractivity (Wildman–Crippen MR) is 117 cm³/mol. The van der Waals surface area contributed by atoms with Crippen LogP contribution in [0.3, 0.4) is 0 Å². The molecule has 13 heteroatoms. The van der Waals surface area contributed by atoms with Gasteiger partial charge in [-0.3, -0.25) is 24.0 Å². The van der Waals surface area contributed by atoms with Crippen molar-refractivity contribution in [3.05, 3.63) is 0 Å². The molecule has 0 aromatic carbocycles. The summed E-state index contributed by atoms with van der Waals surface area (Å²) in [7, 11) is 0. The molecule has 0 rings (SSSR count). The normalized spacial score (nSPS) is 14.4. The Balaban J connectivity index is 5.17. The molecule has 0 bridgehead atoms. The van der Waals surface area contributed by atoms with Crippen LogP contribution < -0.4 is 27.0 Å². The molecule has 0 spiro atoms. The van der Waals surface area contributed by atoms with Crippen molar-refractivity contribution < 1.29 is 39.0 Å². The van der Waals surface area contributed by atoms with Gasteiger partial charge in [-0.1, -0.05) is 13.8 Å². The van der Waals surface area contributed by atoms with Crippen molar-refractivity contribution >= 4 is 35.6 Å². The second-order valence-electron chi connectivity index (χ2n) is 8.00. The Morgan fingerprint density at radius 3 is 1.85 bits per heavy atom. The number of hydrogen-bond acceptors (Lipinski definition) is 7. The zero-order chi connectivity index (χ0) is 25.7. The van der Waals surface area contributed by atoms with E-state index in [0.29, 0.717) is 25.8 Å². The van der Waals surface area contributed by atoms with Crippen molar-refractivity contribution in [2.75, 3.05) is 6.54 Å². The van der Waals surface area contributed by atoms with Crippen molar-refractivity contribution in [2.24, 2.45) is 11.7 Å². The standard InChI is InChI=1S/C20H35N5O8/c1-10(2)16(19(31)24-14(20(32)33)9-15(27)28)25-17(29)11(3)22-18(30)13(23-12(4)26)7-5-6-8-21/h10-11,13-14,16H,5-9,21H2,1-4H3,(H,22,30)(H,23,26)(H,24,31)(H,25,29)(H,27,28)(H,32,33)/t11-,13+,14+,16+/m1/s1. The first-order valence-corrected chi connectivity index (χ1v) is 10.6. The van der Waals surface area contributed by atoms with Crippen LogP contribution in [0.4, 0.5) is 0 Å². The Bertz CT molecular complexity index is 727. The number of carboxylic acids is 2. The van der Waals surface area contributed by atoms with E-state index in [0.717, 1.165) is 0 Å². The number of hydrogen-bond donors (Lipinski definition) is 7. The van der Waals surface area contributed by atoms with Gasteiger partial charge in [0.05, 0.1) is 6.42 Å². The summed E-state index contributed by atoms with van der Waals surface area (Å²) >= 11 is 0. The number of carbonyl (C=O) groups is 6. The Morgan fingerprint density at radius 2 is 1.39 bits per heavy atom. The number of amides is 4. The number of unbranched alkanes of at least 4 members (excludes halogenated alkanes) is 1. The third kappa shape index (κ3) is 11.8. The molecule has 0 heterocycles. The third-order valence-corrected chi connectivity index (χ3v) is 4.63. The van der Waals surface area contributed by atoms with Crippen LogP contribution in [0.2, 0.25) is 0 Å². The molecule has 0 aliphatic heterocycles. The number of nitrogens with one attached hydrogen (secondary N) is 4. The van der Waals surface area contributed by atoms with Crippen LogP contribution in [0, 0.1) is 5.92 Å². The Morgan fingerprint density at radius 1 is 0.788 bits per heavy atom. The van der Waals surface area contributed by atoms with Crippen molar-refractivity contribution in [2.45, 2.75) is 77.5 Å². The van der Waals surface area contributed by atoms with E-state index in [4.69, 9.17) is 15.9 Å². The van der Waals surface area contributed by atoms with Crippen LogP contribution in [0.5, 0.6) is 0 Å². The van der Waals surface area contributed by atoms with Gasteiger partial charge in [0.25, 0.3) is 0 Å². The fourth-order valence-corrected chi connectivity index (χ4v) is 2.84. The molecule has 13 nitrogen and oxygen atoms in total. The highest BCUT2D eigenvalue weighted by Crippen LogP contribution is 2.06. The molecule has 0 radical (unpaired) electrons. The number of carboxylic acid groups (broad SMARTS) is 2. The van der Waals surface area contributed by atoms with Gasteiger partial charge < -0.3 is 37.2 Å². The number of aliphatic carboxylic acids is 2. The lowest BCUT2D eigenvalue weighted by molar-refractivity contribution is -0.147. The summed E-state index contributed by atoms with van der Waals surface area (Å²) in [6, 6.07) is -4.78. The average Bonchev–Trinajstić information content (AvgIpc) is 2.69. The average molecular weight is 474 g/mol. The Kier molecular flexibility index (Phi) is 13.3. The van der Waals surface area contributed by atoms with Gasteiger partial charge in [0.15, 0.2) is 0 Å². The van der Waals surface area contributed by atoms with Gasteiger partial charge in [-0.15, -0.1) is 0 Å². The molecule has 33 heavy (non-hydrogen) atoms. The molecule has 0 unspecified atom stereocenters. The Hall–Kier alpha value is -3.22. The molecular weight excluding hydrogens is 438 g/mol. The van der Waals surface area contributed by atoms with Crippen LogP contribution in [-0.4, -0.2) is 76.5 Å². The highest BCUT2D eigenvalue weighted by Gasteiger charge is 2.31. The molecule has 0 aliphatic rings. The predicted octanol–water partition coefficient (Wildman–Crippen LogP) is -1.69. The molecule has 0 fully saturated rings. The minimum absolute atomic E-state index is 0.328. The van der Waals surface area contributed by atoms with Crippen LogP contribution in [0.15, 0.2) is 0 Å². The molecule has 0 aliphatic carbocycles. The van der Waals surface area contributed by atoms with Crippen molar-refractivity contribution in [3.8, 4) is 0 Å². The molecule has 4 amide bonds. The van der Waals surface area contributed by atoms with Gasteiger partial charge in [0, 0.05) is 6.92 Å². The van der Waals surface area contributed by atoms with E-state index in [-0.39, 0.29) is 0 Å². The summed E-state index contributed by atoms with van der Waals surface area (Å²) in [4.78, 5) is 71.0. The zero-order valence-corrected chi connectivity index (χ0v) is 19.3. The summed E-state index contributed by atoms with van der Waals surface area (Å²) in [6.07, 6.45) is 0.741. The monoisotopic (exact) mass is 473 g/mol. The lowest BCUT2D eigenvalue weighted by atomic mass is 10.0. The highest BCUT2D eigenvalue weighted by molar-refractivity contribution is 5.95. The van der Waals surface area contributed by atoms with E-state index < -0.39 is 72.1 Å². The minimum atomic E-state index is -1.67. The largest absolute Gasteiger partial charge is 0.481 e. The first-order valence-electron chi connectivity index (χ1n) is 10.6. The van der Waals surface area contributed by atoms with E-state index in [1.165, 1.54) is 13.8 Å². The molecular formula is C20H35N5O8. The summed E-state index contributed by atoms with van der Waals surface area (Å²) in [5.41, 5.74) is 5.44. The molecule has 8 N–H and O–H groups in total. The summed E-state index contributed by atoms with van der Waals surface area (Å²) in [6.45, 7) is 6.29. The van der Waals surface area contributed by atoms with Crippen LogP contribution >= 0.6 is 0 Å². The molecule has 0 saturated heterocycles. The second-order valence-corrected chi connectivity index (χ2v) is 8.00. The van der Waals surface area contributed by atoms with Gasteiger partial charge in [0.1, 0.15) is 24.2 Å².